The van der Waals surface area contributed by atoms with E-state index in [1.165, 1.54) is 11.1 Å². The molecule has 0 atom stereocenters. The molecule has 3 rings (SSSR count). The number of thiocarbonyl (C=S) groups is 1. The zero-order valence-corrected chi connectivity index (χ0v) is 16.8. The lowest BCUT2D eigenvalue weighted by atomic mass is 10.1. The third-order valence-electron chi connectivity index (χ3n) is 4.52. The van der Waals surface area contributed by atoms with Crippen molar-refractivity contribution >= 4 is 23.0 Å². The van der Waals surface area contributed by atoms with Crippen LogP contribution in [0.4, 0.5) is 5.69 Å². The smallest absolute Gasteiger partial charge is 0.171 e. The Bertz CT molecular complexity index is 791. The Labute approximate surface area is 172 Å². The number of ether oxygens (including phenoxy) is 2. The fraction of sp³-hybridized carbons (Fsp3) is 0.318. The molecule has 0 unspecified atom stereocenters. The van der Waals surface area contributed by atoms with Crippen LogP contribution in [0.25, 0.3) is 0 Å². The lowest BCUT2D eigenvalue weighted by Gasteiger charge is -2.27. The summed E-state index contributed by atoms with van der Waals surface area (Å²) < 4.78 is 11.0. The highest BCUT2D eigenvalue weighted by Gasteiger charge is 2.12. The Morgan fingerprint density at radius 1 is 1.14 bits per heavy atom. The summed E-state index contributed by atoms with van der Waals surface area (Å²) in [6, 6.07) is 16.2. The molecule has 2 N–H and O–H groups in total. The van der Waals surface area contributed by atoms with Crippen LogP contribution in [-0.4, -0.2) is 42.9 Å². The van der Waals surface area contributed by atoms with Gasteiger partial charge in [0.15, 0.2) is 5.11 Å². The number of anilines is 1. The number of hydrogen-bond donors (Lipinski definition) is 2. The molecule has 1 aliphatic heterocycles. The molecule has 5 nitrogen and oxygen atoms in total. The highest BCUT2D eigenvalue weighted by atomic mass is 32.1. The van der Waals surface area contributed by atoms with Gasteiger partial charge in [-0.15, -0.1) is 0 Å². The van der Waals surface area contributed by atoms with Gasteiger partial charge in [0.05, 0.1) is 13.2 Å². The molecule has 0 bridgehead atoms. The average molecular weight is 398 g/mol. The molecule has 0 aromatic heterocycles. The average Bonchev–Trinajstić information content (AvgIpc) is 2.73. The molecule has 28 heavy (non-hydrogen) atoms. The monoisotopic (exact) mass is 397 g/mol. The van der Waals surface area contributed by atoms with E-state index < -0.39 is 0 Å². The number of morpholine rings is 1. The first kappa shape index (κ1) is 20.3. The minimum atomic E-state index is 0.478. The van der Waals surface area contributed by atoms with Crippen LogP contribution in [-0.2, 0) is 17.8 Å². The standard InChI is InChI=1S/C22H27N3O2S/c1-2-12-27-21-9-5-8-20(15-21)24-22(28)23-16-18-6-3-4-7-19(18)17-25-10-13-26-14-11-25/h2-9,15H,1,10-14,16-17H2,(H2,23,24,28). The van der Waals surface area contributed by atoms with E-state index in [0.29, 0.717) is 18.3 Å². The first-order chi connectivity index (χ1) is 13.7. The van der Waals surface area contributed by atoms with Crippen molar-refractivity contribution < 1.29 is 9.47 Å². The van der Waals surface area contributed by atoms with Gasteiger partial charge >= 0.3 is 0 Å². The van der Waals surface area contributed by atoms with Gasteiger partial charge < -0.3 is 20.1 Å². The normalized spacial score (nSPS) is 14.3. The molecule has 1 saturated heterocycles. The summed E-state index contributed by atoms with van der Waals surface area (Å²) in [4.78, 5) is 2.42. The van der Waals surface area contributed by atoms with Crippen LogP contribution in [0.3, 0.4) is 0 Å². The van der Waals surface area contributed by atoms with E-state index in [4.69, 9.17) is 21.7 Å². The van der Waals surface area contributed by atoms with E-state index in [0.717, 1.165) is 44.3 Å². The minimum absolute atomic E-state index is 0.478. The van der Waals surface area contributed by atoms with Gasteiger partial charge in [0.25, 0.3) is 0 Å². The van der Waals surface area contributed by atoms with Crippen molar-refractivity contribution in [3.8, 4) is 5.75 Å². The Balaban J connectivity index is 1.54. The van der Waals surface area contributed by atoms with Crippen LogP contribution in [0, 0.1) is 0 Å². The van der Waals surface area contributed by atoms with Gasteiger partial charge in [-0.05, 0) is 35.5 Å². The molecule has 0 spiro atoms. The van der Waals surface area contributed by atoms with E-state index in [9.17, 15) is 0 Å². The number of hydrogen-bond acceptors (Lipinski definition) is 4. The van der Waals surface area contributed by atoms with Crippen LogP contribution in [0.2, 0.25) is 0 Å². The zero-order valence-electron chi connectivity index (χ0n) is 16.0. The number of rotatable bonds is 8. The van der Waals surface area contributed by atoms with Crippen molar-refractivity contribution in [2.24, 2.45) is 0 Å². The van der Waals surface area contributed by atoms with Crippen LogP contribution >= 0.6 is 12.2 Å². The SMILES string of the molecule is C=CCOc1cccc(NC(=S)NCc2ccccc2CN2CCOCC2)c1. The molecule has 0 radical (unpaired) electrons. The zero-order chi connectivity index (χ0) is 19.6. The van der Waals surface area contributed by atoms with Gasteiger partial charge in [0.1, 0.15) is 12.4 Å². The summed E-state index contributed by atoms with van der Waals surface area (Å²) in [5.41, 5.74) is 3.46. The predicted octanol–water partition coefficient (Wildman–Crippen LogP) is 3.57. The maximum atomic E-state index is 5.56. The van der Waals surface area contributed by atoms with E-state index >= 15 is 0 Å². The molecule has 1 heterocycles. The molecular formula is C22H27N3O2S. The van der Waals surface area contributed by atoms with Crippen molar-refractivity contribution in [2.45, 2.75) is 13.1 Å². The first-order valence-electron chi connectivity index (χ1n) is 9.50. The van der Waals surface area contributed by atoms with Gasteiger partial charge in [-0.1, -0.05) is 43.0 Å². The molecular weight excluding hydrogens is 370 g/mol. The van der Waals surface area contributed by atoms with Gasteiger partial charge in [-0.2, -0.15) is 0 Å². The predicted molar refractivity (Wildman–Crippen MR) is 118 cm³/mol. The van der Waals surface area contributed by atoms with E-state index in [1.54, 1.807) is 6.08 Å². The van der Waals surface area contributed by atoms with E-state index in [2.05, 4.69) is 46.4 Å². The molecule has 1 aliphatic rings. The van der Waals surface area contributed by atoms with Crippen LogP contribution in [0.5, 0.6) is 5.75 Å². The topological polar surface area (TPSA) is 45.8 Å². The fourth-order valence-corrected chi connectivity index (χ4v) is 3.24. The van der Waals surface area contributed by atoms with Crippen molar-refractivity contribution in [3.05, 3.63) is 72.3 Å². The van der Waals surface area contributed by atoms with Crippen molar-refractivity contribution in [1.29, 1.82) is 0 Å². The largest absolute Gasteiger partial charge is 0.489 e. The van der Waals surface area contributed by atoms with Crippen molar-refractivity contribution in [2.75, 3.05) is 38.2 Å². The second-order valence-corrected chi connectivity index (χ2v) is 7.00. The van der Waals surface area contributed by atoms with Gasteiger partial charge in [0, 0.05) is 37.9 Å². The summed E-state index contributed by atoms with van der Waals surface area (Å²) in [5.74, 6) is 0.781. The number of nitrogens with one attached hydrogen (secondary N) is 2. The fourth-order valence-electron chi connectivity index (χ4n) is 3.05. The van der Waals surface area contributed by atoms with E-state index in [-0.39, 0.29) is 0 Å². The maximum absolute atomic E-state index is 5.56. The molecule has 1 fully saturated rings. The van der Waals surface area contributed by atoms with Gasteiger partial charge in [0.2, 0.25) is 0 Å². The summed E-state index contributed by atoms with van der Waals surface area (Å²) in [6.07, 6.45) is 1.72. The van der Waals surface area contributed by atoms with Crippen LogP contribution in [0.1, 0.15) is 11.1 Å². The molecule has 0 saturated carbocycles. The lowest BCUT2D eigenvalue weighted by Crippen LogP contribution is -2.36. The third kappa shape index (κ3) is 6.34. The molecule has 2 aromatic rings. The second-order valence-electron chi connectivity index (χ2n) is 6.59. The van der Waals surface area contributed by atoms with Crippen molar-refractivity contribution in [1.82, 2.24) is 10.2 Å². The van der Waals surface area contributed by atoms with Crippen LogP contribution in [0.15, 0.2) is 61.2 Å². The Morgan fingerprint density at radius 2 is 1.93 bits per heavy atom. The number of nitrogens with zero attached hydrogens (tertiary/aromatic N) is 1. The van der Waals surface area contributed by atoms with Crippen LogP contribution < -0.4 is 15.4 Å². The molecule has 2 aromatic carbocycles. The summed E-state index contributed by atoms with van der Waals surface area (Å²) in [5, 5.41) is 7.11. The lowest BCUT2D eigenvalue weighted by molar-refractivity contribution is 0.0341. The first-order valence-corrected chi connectivity index (χ1v) is 9.91. The maximum Gasteiger partial charge on any atom is 0.171 e. The summed E-state index contributed by atoms with van der Waals surface area (Å²) in [7, 11) is 0. The highest BCUT2D eigenvalue weighted by Crippen LogP contribution is 2.17. The summed E-state index contributed by atoms with van der Waals surface area (Å²) in [6.45, 7) is 9.33. The quantitative estimate of drug-likeness (QED) is 0.525. The Kier molecular flexibility index (Phi) is 7.84. The molecule has 6 heteroatoms. The second kappa shape index (κ2) is 10.8. The molecule has 0 aliphatic carbocycles. The molecule has 0 amide bonds. The number of benzene rings is 2. The van der Waals surface area contributed by atoms with Gasteiger partial charge in [-0.3, -0.25) is 4.90 Å². The Morgan fingerprint density at radius 3 is 2.71 bits per heavy atom. The van der Waals surface area contributed by atoms with E-state index in [1.807, 2.05) is 24.3 Å². The molecule has 148 valence electrons. The van der Waals surface area contributed by atoms with Crippen molar-refractivity contribution in [3.63, 3.8) is 0 Å². The van der Waals surface area contributed by atoms with Gasteiger partial charge in [-0.25, -0.2) is 0 Å². The highest BCUT2D eigenvalue weighted by molar-refractivity contribution is 7.80. The summed E-state index contributed by atoms with van der Waals surface area (Å²) >= 11 is 5.46. The minimum Gasteiger partial charge on any atom is -0.489 e. The third-order valence-corrected chi connectivity index (χ3v) is 4.76. The Hall–Kier alpha value is -2.41.